The van der Waals surface area contributed by atoms with Gasteiger partial charge in [-0.05, 0) is 67.3 Å². The Bertz CT molecular complexity index is 1760. The summed E-state index contributed by atoms with van der Waals surface area (Å²) in [5.41, 5.74) is 2.75. The number of amides is 2. The number of aliphatic hydroxyl groups excluding tert-OH is 1. The Morgan fingerprint density at radius 1 is 1.17 bits per heavy atom. The summed E-state index contributed by atoms with van der Waals surface area (Å²) in [6, 6.07) is 22.8. The van der Waals surface area contributed by atoms with Crippen LogP contribution in [-0.4, -0.2) is 56.7 Å². The molecule has 4 atom stereocenters. The molecule has 4 aromatic rings. The number of aliphatic hydroxyl groups is 2. The first-order chi connectivity index (χ1) is 23.3. The Labute approximate surface area is 289 Å². The predicted molar refractivity (Wildman–Crippen MR) is 188 cm³/mol. The maximum absolute atomic E-state index is 14.0. The molecule has 2 unspecified atom stereocenters. The van der Waals surface area contributed by atoms with Crippen LogP contribution in [0, 0.1) is 11.8 Å². The van der Waals surface area contributed by atoms with Crippen molar-refractivity contribution in [1.29, 1.82) is 0 Å². The van der Waals surface area contributed by atoms with Gasteiger partial charge in [0.25, 0.3) is 5.91 Å². The number of rotatable bonds is 12. The molecule has 3 heterocycles. The van der Waals surface area contributed by atoms with Crippen molar-refractivity contribution in [2.24, 2.45) is 11.8 Å². The lowest BCUT2D eigenvalue weighted by atomic mass is 9.83. The van der Waals surface area contributed by atoms with E-state index in [1.165, 1.54) is 0 Å². The molecule has 0 saturated carbocycles. The molecular weight excluding hydrogens is 672 g/mol. The first kappa shape index (κ1) is 33.7. The van der Waals surface area contributed by atoms with E-state index in [1.54, 1.807) is 9.58 Å². The van der Waals surface area contributed by atoms with E-state index in [2.05, 4.69) is 36.9 Å². The van der Waals surface area contributed by atoms with Gasteiger partial charge in [0.05, 0.1) is 36.4 Å². The van der Waals surface area contributed by atoms with Crippen molar-refractivity contribution in [2.45, 2.75) is 50.8 Å². The summed E-state index contributed by atoms with van der Waals surface area (Å²) in [6.07, 6.45) is 8.16. The zero-order chi connectivity index (χ0) is 33.7. The van der Waals surface area contributed by atoms with E-state index in [0.717, 1.165) is 35.0 Å². The highest BCUT2D eigenvalue weighted by molar-refractivity contribution is 9.10. The number of hydrogen-bond acceptors (Lipinski definition) is 7. The number of hydrogen-bond donors (Lipinski definition) is 4. The molecule has 2 amide bonds. The maximum atomic E-state index is 14.0. The van der Waals surface area contributed by atoms with Gasteiger partial charge in [-0.2, -0.15) is 0 Å². The largest absolute Gasteiger partial charge is 0.395 e. The highest BCUT2D eigenvalue weighted by Crippen LogP contribution is 2.46. The van der Waals surface area contributed by atoms with Crippen molar-refractivity contribution in [3.8, 4) is 0 Å². The third-order valence-electron chi connectivity index (χ3n) is 9.37. The molecular formula is C37H41BrN6O4. The van der Waals surface area contributed by atoms with Gasteiger partial charge in [0, 0.05) is 40.9 Å². The van der Waals surface area contributed by atoms with Crippen molar-refractivity contribution in [2.75, 3.05) is 29.9 Å². The van der Waals surface area contributed by atoms with Crippen LogP contribution in [0.15, 0.2) is 95.6 Å². The molecule has 1 saturated heterocycles. The van der Waals surface area contributed by atoms with Gasteiger partial charge in [-0.25, -0.2) is 0 Å². The van der Waals surface area contributed by atoms with Crippen LogP contribution in [0.4, 0.5) is 11.4 Å². The smallest absolute Gasteiger partial charge is 0.264 e. The topological polar surface area (TPSA) is 133 Å². The van der Waals surface area contributed by atoms with Crippen molar-refractivity contribution < 1.29 is 19.8 Å². The minimum Gasteiger partial charge on any atom is -0.395 e. The van der Waals surface area contributed by atoms with E-state index in [0.29, 0.717) is 42.1 Å². The Morgan fingerprint density at radius 3 is 2.69 bits per heavy atom. The van der Waals surface area contributed by atoms with Gasteiger partial charge >= 0.3 is 0 Å². The second-order valence-corrected chi connectivity index (χ2v) is 13.5. The third-order valence-corrected chi connectivity index (χ3v) is 9.86. The molecule has 1 aromatic heterocycles. The molecule has 0 aliphatic carbocycles. The summed E-state index contributed by atoms with van der Waals surface area (Å²) in [6.45, 7) is 4.25. The normalized spacial score (nSPS) is 20.5. The monoisotopic (exact) mass is 712 g/mol. The summed E-state index contributed by atoms with van der Waals surface area (Å²) >= 11 is 3.52. The Kier molecular flexibility index (Phi) is 10.5. The number of allylic oxidation sites excluding steroid dienone is 1. The lowest BCUT2D eigenvalue weighted by Gasteiger charge is -2.28. The van der Waals surface area contributed by atoms with Gasteiger partial charge in [0.1, 0.15) is 0 Å². The second-order valence-electron chi connectivity index (χ2n) is 12.6. The molecule has 0 bridgehead atoms. The van der Waals surface area contributed by atoms with Crippen LogP contribution in [0.2, 0.25) is 0 Å². The average Bonchev–Trinajstić information content (AvgIpc) is 3.66. The summed E-state index contributed by atoms with van der Waals surface area (Å²) in [5, 5.41) is 36.9. The van der Waals surface area contributed by atoms with E-state index >= 15 is 0 Å². The zero-order valence-electron chi connectivity index (χ0n) is 26.9. The molecule has 0 spiro atoms. The predicted octanol–water partition coefficient (Wildman–Crippen LogP) is 5.12. The zero-order valence-corrected chi connectivity index (χ0v) is 28.5. The fourth-order valence-corrected chi connectivity index (χ4v) is 6.92. The lowest BCUT2D eigenvalue weighted by Crippen LogP contribution is -2.44. The minimum absolute atomic E-state index is 0.0146. The number of fused-ring (bicyclic) bond motifs is 1. The fourth-order valence-electron chi connectivity index (χ4n) is 6.56. The molecule has 250 valence electrons. The number of anilines is 2. The summed E-state index contributed by atoms with van der Waals surface area (Å²) in [5.74, 6) is -1.17. The quantitative estimate of drug-likeness (QED) is 0.150. The van der Waals surface area contributed by atoms with E-state index in [-0.39, 0.29) is 36.8 Å². The molecule has 11 heteroatoms. The fraction of sp³-hybridized carbons (Fsp3) is 0.351. The molecule has 10 nitrogen and oxygen atoms in total. The van der Waals surface area contributed by atoms with Crippen LogP contribution in [0.3, 0.4) is 0 Å². The average molecular weight is 714 g/mol. The van der Waals surface area contributed by atoms with E-state index in [4.69, 9.17) is 0 Å². The van der Waals surface area contributed by atoms with E-state index in [9.17, 15) is 19.8 Å². The second kappa shape index (κ2) is 14.9. The van der Waals surface area contributed by atoms with Crippen LogP contribution in [0.25, 0.3) is 0 Å². The van der Waals surface area contributed by atoms with E-state index < -0.39 is 11.5 Å². The molecule has 48 heavy (non-hydrogen) atoms. The van der Waals surface area contributed by atoms with E-state index in [1.807, 2.05) is 98.1 Å². The number of nitrogens with zero attached hydrogens (tertiary/aromatic N) is 4. The van der Waals surface area contributed by atoms with Crippen LogP contribution in [-0.2, 0) is 28.3 Å². The maximum Gasteiger partial charge on any atom is 0.264 e. The number of aryl methyl sites for hydroxylation is 1. The molecule has 6 rings (SSSR count). The van der Waals surface area contributed by atoms with Crippen LogP contribution in [0.1, 0.15) is 54.5 Å². The number of aromatic nitrogens is 3. The van der Waals surface area contributed by atoms with Gasteiger partial charge in [-0.15, -0.1) is 5.10 Å². The third kappa shape index (κ3) is 7.14. The van der Waals surface area contributed by atoms with Crippen molar-refractivity contribution in [1.82, 2.24) is 20.3 Å². The molecule has 0 radical (unpaired) electrons. The Balaban J connectivity index is 1.11. The molecule has 4 N–H and O–H groups in total. The van der Waals surface area contributed by atoms with Crippen LogP contribution < -0.4 is 15.5 Å². The van der Waals surface area contributed by atoms with Crippen LogP contribution >= 0.6 is 15.9 Å². The van der Waals surface area contributed by atoms with Crippen molar-refractivity contribution >= 4 is 39.1 Å². The number of nitrogens with one attached hydrogen (secondary N) is 2. The van der Waals surface area contributed by atoms with Gasteiger partial charge in [-0.1, -0.05) is 82.7 Å². The standard InChI is InChI=1S/C37H41BrN6O4/c1-25(8-5-6-19-43-23-33(41-42-43)31(24-45)27-9-3-2-4-10-27)37(48)32-20-29(38)14-17-34(32)44(36(37)47)22-26-12-15-30(16-13-26)40-35(46)28-11-7-18-39-21-28/h2-5,8-10,12-17,20,23,25,28,31,39,45,48H,6-7,11,18-19,21-22,24H2,1H3,(H,40,46)/b8-5+/t25-,28?,31?,37+/m0/s1. The summed E-state index contributed by atoms with van der Waals surface area (Å²) in [7, 11) is 0. The van der Waals surface area contributed by atoms with Gasteiger partial charge < -0.3 is 25.7 Å². The number of carbonyl (C=O) groups is 2. The Hall–Kier alpha value is -4.16. The molecule has 2 aliphatic rings. The van der Waals surface area contributed by atoms with Gasteiger partial charge in [-0.3, -0.25) is 14.3 Å². The number of carbonyl (C=O) groups excluding carboxylic acids is 2. The first-order valence-corrected chi connectivity index (χ1v) is 17.2. The van der Waals surface area contributed by atoms with Crippen LogP contribution in [0.5, 0.6) is 0 Å². The summed E-state index contributed by atoms with van der Waals surface area (Å²) in [4.78, 5) is 28.3. The van der Waals surface area contributed by atoms with Gasteiger partial charge in [0.15, 0.2) is 5.60 Å². The van der Waals surface area contributed by atoms with Gasteiger partial charge in [0.2, 0.25) is 5.91 Å². The molecule has 2 aliphatic heterocycles. The highest BCUT2D eigenvalue weighted by atomic mass is 79.9. The minimum atomic E-state index is -1.75. The molecule has 1 fully saturated rings. The van der Waals surface area contributed by atoms with Crippen molar-refractivity contribution in [3.05, 3.63) is 118 Å². The Morgan fingerprint density at radius 2 is 1.96 bits per heavy atom. The molecule has 3 aromatic carbocycles. The number of benzene rings is 3. The first-order valence-electron chi connectivity index (χ1n) is 16.4. The summed E-state index contributed by atoms with van der Waals surface area (Å²) < 4.78 is 2.51. The van der Waals surface area contributed by atoms with Crippen molar-refractivity contribution in [3.63, 3.8) is 0 Å². The number of piperidine rings is 1. The number of halogens is 1. The lowest BCUT2D eigenvalue weighted by molar-refractivity contribution is -0.139. The SMILES string of the molecule is C[C@@H](/C=C/CCn1cc(C(CO)c2ccccc2)nn1)[C@]1(O)C(=O)N(Cc2ccc(NC(=O)C3CCCNC3)cc2)c2ccc(Br)cc21. The highest BCUT2D eigenvalue weighted by Gasteiger charge is 2.52.